The summed E-state index contributed by atoms with van der Waals surface area (Å²) in [5.74, 6) is -2.33. The van der Waals surface area contributed by atoms with Gasteiger partial charge in [-0.15, -0.1) is 0 Å². The van der Waals surface area contributed by atoms with Crippen molar-refractivity contribution in [2.24, 2.45) is 10.8 Å². The monoisotopic (exact) mass is 760 g/mol. The van der Waals surface area contributed by atoms with E-state index in [0.29, 0.717) is 47.1 Å². The van der Waals surface area contributed by atoms with E-state index in [2.05, 4.69) is 25.3 Å². The van der Waals surface area contributed by atoms with Crippen molar-refractivity contribution in [1.29, 1.82) is 0 Å². The summed E-state index contributed by atoms with van der Waals surface area (Å²) in [6.07, 6.45) is 1.78. The van der Waals surface area contributed by atoms with Crippen LogP contribution in [0.2, 0.25) is 0 Å². The van der Waals surface area contributed by atoms with Crippen molar-refractivity contribution in [3.8, 4) is 5.75 Å². The molecule has 8 rings (SSSR count). The summed E-state index contributed by atoms with van der Waals surface area (Å²) >= 11 is 0. The quantitative estimate of drug-likeness (QED) is 0.232. The molecule has 290 valence electrons. The lowest BCUT2D eigenvalue weighted by molar-refractivity contribution is -0.164. The number of imide groups is 2. The van der Waals surface area contributed by atoms with E-state index in [9.17, 15) is 28.4 Å². The Balaban J connectivity index is 0.850. The number of amides is 5. The van der Waals surface area contributed by atoms with Crippen LogP contribution in [-0.4, -0.2) is 76.7 Å². The first kappa shape index (κ1) is 37.3. The molecule has 0 aromatic heterocycles. The van der Waals surface area contributed by atoms with Gasteiger partial charge in [0.2, 0.25) is 17.5 Å². The molecular formula is C43H45FN6O6. The van der Waals surface area contributed by atoms with E-state index in [1.807, 2.05) is 64.1 Å². The van der Waals surface area contributed by atoms with Crippen molar-refractivity contribution in [1.82, 2.24) is 20.4 Å². The molecule has 12 nitrogen and oxygen atoms in total. The Hall–Kier alpha value is -5.61. The van der Waals surface area contributed by atoms with Crippen LogP contribution in [0.1, 0.15) is 101 Å². The van der Waals surface area contributed by atoms with Gasteiger partial charge in [0.25, 0.3) is 17.7 Å². The van der Waals surface area contributed by atoms with E-state index in [4.69, 9.17) is 11.3 Å². The number of fused-ring (bicyclic) bond motifs is 2. The lowest BCUT2D eigenvalue weighted by Crippen LogP contribution is -2.74. The topological polar surface area (TPSA) is 133 Å². The maximum atomic E-state index is 14.7. The molecule has 5 amide bonds. The third kappa shape index (κ3) is 6.02. The molecule has 2 saturated heterocycles. The molecule has 4 heterocycles. The molecule has 3 aromatic carbocycles. The Bertz CT molecular complexity index is 2180. The van der Waals surface area contributed by atoms with Gasteiger partial charge in [-0.05, 0) is 85.8 Å². The largest absolute Gasteiger partial charge is 0.489 e. The van der Waals surface area contributed by atoms with Crippen LogP contribution in [0.5, 0.6) is 5.75 Å². The van der Waals surface area contributed by atoms with Gasteiger partial charge in [-0.1, -0.05) is 27.7 Å². The predicted octanol–water partition coefficient (Wildman–Crippen LogP) is 5.68. The molecule has 5 aliphatic rings. The predicted molar refractivity (Wildman–Crippen MR) is 205 cm³/mol. The van der Waals surface area contributed by atoms with Gasteiger partial charge in [-0.2, -0.15) is 0 Å². The molecule has 1 unspecified atom stereocenters. The van der Waals surface area contributed by atoms with Crippen molar-refractivity contribution < 1.29 is 33.1 Å². The van der Waals surface area contributed by atoms with Gasteiger partial charge in [-0.3, -0.25) is 39.1 Å². The van der Waals surface area contributed by atoms with Crippen molar-refractivity contribution in [3.63, 3.8) is 0 Å². The summed E-state index contributed by atoms with van der Waals surface area (Å²) in [5.41, 5.74) is 3.63. The minimum atomic E-state index is -0.978. The van der Waals surface area contributed by atoms with Gasteiger partial charge >= 0.3 is 0 Å². The van der Waals surface area contributed by atoms with Crippen molar-refractivity contribution in [2.45, 2.75) is 97.6 Å². The highest BCUT2D eigenvalue weighted by Gasteiger charge is 2.64. The summed E-state index contributed by atoms with van der Waals surface area (Å²) in [7, 11) is 0. The second-order valence-electron chi connectivity index (χ2n) is 17.0. The van der Waals surface area contributed by atoms with E-state index in [1.54, 1.807) is 13.0 Å². The highest BCUT2D eigenvalue weighted by atomic mass is 19.1. The lowest BCUT2D eigenvalue weighted by atomic mass is 9.49. The van der Waals surface area contributed by atoms with Crippen molar-refractivity contribution in [2.75, 3.05) is 18.0 Å². The molecule has 0 bridgehead atoms. The number of halogens is 1. The zero-order chi connectivity index (χ0) is 39.8. The van der Waals surface area contributed by atoms with Gasteiger partial charge in [0.05, 0.1) is 17.7 Å². The Morgan fingerprint density at radius 2 is 1.52 bits per heavy atom. The number of benzene rings is 3. The zero-order valence-corrected chi connectivity index (χ0v) is 32.2. The number of hydrogen-bond acceptors (Lipinski definition) is 8. The molecule has 56 heavy (non-hydrogen) atoms. The number of rotatable bonds is 7. The smallest absolute Gasteiger partial charge is 0.262 e. The Morgan fingerprint density at radius 1 is 0.911 bits per heavy atom. The fraction of sp³-hybridized carbons (Fsp3) is 0.442. The number of carbonyl (C=O) groups excluding carboxylic acids is 5. The first-order valence-electron chi connectivity index (χ1n) is 19.2. The molecule has 0 radical (unpaired) electrons. The van der Waals surface area contributed by atoms with E-state index in [-0.39, 0.29) is 36.6 Å². The van der Waals surface area contributed by atoms with Crippen LogP contribution in [0.4, 0.5) is 15.8 Å². The number of anilines is 1. The third-order valence-corrected chi connectivity index (χ3v) is 12.8. The molecule has 1 aliphatic carbocycles. The number of piperidine rings is 2. The normalized spacial score (nSPS) is 24.3. The molecule has 3 fully saturated rings. The average Bonchev–Trinajstić information content (AvgIpc) is 3.70. The molecule has 13 heteroatoms. The summed E-state index contributed by atoms with van der Waals surface area (Å²) in [6, 6.07) is 13.5. The van der Waals surface area contributed by atoms with E-state index in [0.717, 1.165) is 47.6 Å². The molecule has 3 aromatic rings. The number of ether oxygens (including phenoxy) is 1. The summed E-state index contributed by atoms with van der Waals surface area (Å²) in [5, 5.41) is 5.48. The van der Waals surface area contributed by atoms with Crippen LogP contribution in [-0.2, 0) is 22.7 Å². The summed E-state index contributed by atoms with van der Waals surface area (Å²) < 4.78 is 21.0. The van der Waals surface area contributed by atoms with Crippen molar-refractivity contribution >= 4 is 40.9 Å². The number of carbonyl (C=O) groups is 5. The van der Waals surface area contributed by atoms with Crippen LogP contribution in [0.3, 0.4) is 0 Å². The van der Waals surface area contributed by atoms with Crippen LogP contribution in [0.15, 0.2) is 48.5 Å². The van der Waals surface area contributed by atoms with E-state index in [1.165, 1.54) is 6.07 Å². The maximum Gasteiger partial charge on any atom is 0.262 e. The molecule has 4 aliphatic heterocycles. The Morgan fingerprint density at radius 3 is 2.09 bits per heavy atom. The van der Waals surface area contributed by atoms with Gasteiger partial charge < -0.3 is 15.0 Å². The van der Waals surface area contributed by atoms with E-state index >= 15 is 0 Å². The van der Waals surface area contributed by atoms with E-state index < -0.39 is 46.3 Å². The number of nitrogens with one attached hydrogen (secondary N) is 2. The standard InChI is InChI=1S/C43H45FN6O6/c1-23-33(13-11-31(45-6)35(23)44)56-41-42(2,3)40(43(41,4)5)47-36(52)24-7-9-27(10-8-24)48-17-15-28(16-18-48)49-21-25-19-29-30(20-26(25)22-49)39(55)50(38(29)54)32-12-14-34(51)46-37(32)53/h7-11,13,19-20,28,32,40-41H,12,14-18,21-22H2,1-5H3,(H,47,52)(H,46,51,53). The first-order chi connectivity index (χ1) is 26.6. The lowest BCUT2D eigenvalue weighted by Gasteiger charge is -2.63. The first-order valence-corrected chi connectivity index (χ1v) is 19.2. The number of nitrogens with zero attached hydrogens (tertiary/aromatic N) is 4. The molecule has 2 N–H and O–H groups in total. The van der Waals surface area contributed by atoms with Gasteiger partial charge in [0.1, 0.15) is 23.7 Å². The van der Waals surface area contributed by atoms with Gasteiger partial charge in [0, 0.05) is 72.3 Å². The van der Waals surface area contributed by atoms with Crippen LogP contribution < -0.4 is 20.3 Å². The fourth-order valence-corrected chi connectivity index (χ4v) is 9.97. The Kier molecular flexibility index (Phi) is 9.03. The highest BCUT2D eigenvalue weighted by Crippen LogP contribution is 2.56. The summed E-state index contributed by atoms with van der Waals surface area (Å²) in [4.78, 5) is 73.3. The molecular weight excluding hydrogens is 716 g/mol. The minimum Gasteiger partial charge on any atom is -0.489 e. The molecule has 0 spiro atoms. The third-order valence-electron chi connectivity index (χ3n) is 12.8. The second kappa shape index (κ2) is 13.5. The van der Waals surface area contributed by atoms with Crippen molar-refractivity contribution in [3.05, 3.63) is 99.1 Å². The zero-order valence-electron chi connectivity index (χ0n) is 32.2. The molecule has 1 atom stereocenters. The average molecular weight is 761 g/mol. The summed E-state index contributed by atoms with van der Waals surface area (Å²) in [6.45, 7) is 20.0. The maximum absolute atomic E-state index is 14.7. The van der Waals surface area contributed by atoms with Gasteiger partial charge in [-0.25, -0.2) is 9.24 Å². The molecule has 1 saturated carbocycles. The number of hydrogen-bond donors (Lipinski definition) is 2. The fourth-order valence-electron chi connectivity index (χ4n) is 9.97. The van der Waals surface area contributed by atoms with Crippen LogP contribution in [0.25, 0.3) is 4.85 Å². The van der Waals surface area contributed by atoms with Crippen LogP contribution >= 0.6 is 0 Å². The SMILES string of the molecule is [C-]#[N+]c1ccc(OC2C(C)(C)C(NC(=O)c3ccc(N4CCC(N5Cc6cc7c(cc6C5)C(=O)N(C5CCC(=O)NC5=O)C7=O)CC4)cc3)C2(C)C)c(C)c1F. The Labute approximate surface area is 325 Å². The van der Waals surface area contributed by atoms with Gasteiger partial charge in [0.15, 0.2) is 0 Å². The van der Waals surface area contributed by atoms with Crippen LogP contribution in [0, 0.1) is 30.1 Å². The highest BCUT2D eigenvalue weighted by molar-refractivity contribution is 6.23. The minimum absolute atomic E-state index is 0.0375. The second-order valence-corrected chi connectivity index (χ2v) is 17.0.